The van der Waals surface area contributed by atoms with Gasteiger partial charge in [0.2, 0.25) is 0 Å². The van der Waals surface area contributed by atoms with Crippen LogP contribution in [0.2, 0.25) is 0 Å². The van der Waals surface area contributed by atoms with Gasteiger partial charge in [-0.15, -0.1) is 0 Å². The molecule has 2 aromatic carbocycles. The highest BCUT2D eigenvalue weighted by atomic mass is 79.9. The van der Waals surface area contributed by atoms with E-state index in [4.69, 9.17) is 0 Å². The maximum absolute atomic E-state index is 10.4. The molecular weight excluding hydrogens is 288 g/mol. The number of rotatable bonds is 3. The van der Waals surface area contributed by atoms with E-state index in [0.29, 0.717) is 0 Å². The van der Waals surface area contributed by atoms with Crippen LogP contribution in [0.4, 0.5) is 0 Å². The molecule has 1 unspecified atom stereocenters. The van der Waals surface area contributed by atoms with Crippen molar-refractivity contribution < 1.29 is 5.11 Å². The van der Waals surface area contributed by atoms with Gasteiger partial charge in [-0.1, -0.05) is 59.3 Å². The fourth-order valence-corrected chi connectivity index (χ4v) is 2.42. The molecule has 0 saturated carbocycles. The molecule has 0 fully saturated rings. The van der Waals surface area contributed by atoms with Crippen molar-refractivity contribution in [2.24, 2.45) is 0 Å². The maximum Gasteiger partial charge on any atom is 0.104 e. The third-order valence-electron chi connectivity index (χ3n) is 3.31. The van der Waals surface area contributed by atoms with Gasteiger partial charge in [0, 0.05) is 4.47 Å². The van der Waals surface area contributed by atoms with Gasteiger partial charge in [-0.3, -0.25) is 0 Å². The van der Waals surface area contributed by atoms with E-state index in [1.165, 1.54) is 5.56 Å². The van der Waals surface area contributed by atoms with E-state index < -0.39 is 6.10 Å². The van der Waals surface area contributed by atoms with Crippen LogP contribution in [0.5, 0.6) is 0 Å². The van der Waals surface area contributed by atoms with Gasteiger partial charge in [-0.2, -0.15) is 0 Å². The largest absolute Gasteiger partial charge is 0.384 e. The molecule has 0 spiro atoms. The van der Waals surface area contributed by atoms with Crippen LogP contribution in [0.3, 0.4) is 0 Å². The molecule has 0 aromatic heterocycles. The number of aliphatic hydroxyl groups is 1. The molecular formula is C16H17BrO. The molecule has 2 aromatic rings. The molecule has 0 aliphatic rings. The Bertz CT molecular complexity index is 531. The van der Waals surface area contributed by atoms with Gasteiger partial charge in [-0.05, 0) is 41.7 Å². The number of hydrogen-bond acceptors (Lipinski definition) is 1. The Labute approximate surface area is 117 Å². The molecule has 18 heavy (non-hydrogen) atoms. The molecule has 0 aliphatic carbocycles. The fraction of sp³-hybridized carbons (Fsp3) is 0.250. The van der Waals surface area contributed by atoms with Crippen LogP contribution in [0.25, 0.3) is 0 Å². The molecule has 0 radical (unpaired) electrons. The summed E-state index contributed by atoms with van der Waals surface area (Å²) in [5.74, 6) is 0. The predicted octanol–water partition coefficient (Wildman–Crippen LogP) is 4.40. The quantitative estimate of drug-likeness (QED) is 0.891. The second-order valence-electron chi connectivity index (χ2n) is 4.45. The molecule has 2 rings (SSSR count). The summed E-state index contributed by atoms with van der Waals surface area (Å²) in [6.45, 7) is 4.15. The molecule has 1 N–H and O–H groups in total. The third kappa shape index (κ3) is 2.65. The minimum atomic E-state index is -0.562. The zero-order valence-corrected chi connectivity index (χ0v) is 12.2. The molecule has 0 heterocycles. The average molecular weight is 305 g/mol. The Balaban J connectivity index is 2.35. The number of benzene rings is 2. The first-order chi connectivity index (χ1) is 8.63. The van der Waals surface area contributed by atoms with Gasteiger partial charge in [-0.25, -0.2) is 0 Å². The van der Waals surface area contributed by atoms with E-state index in [-0.39, 0.29) is 0 Å². The van der Waals surface area contributed by atoms with Gasteiger partial charge in [0.25, 0.3) is 0 Å². The average Bonchev–Trinajstić information content (AvgIpc) is 2.41. The van der Waals surface area contributed by atoms with Crippen molar-refractivity contribution in [1.82, 2.24) is 0 Å². The van der Waals surface area contributed by atoms with Crippen LogP contribution in [0.15, 0.2) is 46.9 Å². The SMILES string of the molecule is CCc1ccc(C(O)c2cccc(Br)c2C)cc1. The first-order valence-electron chi connectivity index (χ1n) is 6.15. The van der Waals surface area contributed by atoms with E-state index in [0.717, 1.165) is 27.6 Å². The van der Waals surface area contributed by atoms with E-state index in [2.05, 4.69) is 35.0 Å². The molecule has 2 heteroatoms. The molecule has 0 saturated heterocycles. The number of aryl methyl sites for hydroxylation is 1. The van der Waals surface area contributed by atoms with Crippen molar-refractivity contribution in [2.75, 3.05) is 0 Å². The van der Waals surface area contributed by atoms with E-state index in [9.17, 15) is 5.11 Å². The second-order valence-corrected chi connectivity index (χ2v) is 5.31. The van der Waals surface area contributed by atoms with Crippen LogP contribution < -0.4 is 0 Å². The first kappa shape index (κ1) is 13.3. The molecule has 0 bridgehead atoms. The Morgan fingerprint density at radius 1 is 1.11 bits per heavy atom. The summed E-state index contributed by atoms with van der Waals surface area (Å²) in [4.78, 5) is 0. The summed E-state index contributed by atoms with van der Waals surface area (Å²) in [5, 5.41) is 10.4. The maximum atomic E-state index is 10.4. The van der Waals surface area contributed by atoms with Crippen LogP contribution in [-0.2, 0) is 6.42 Å². The van der Waals surface area contributed by atoms with Crippen LogP contribution in [0.1, 0.15) is 35.3 Å². The minimum absolute atomic E-state index is 0.562. The van der Waals surface area contributed by atoms with E-state index in [1.807, 2.05) is 37.3 Å². The van der Waals surface area contributed by atoms with Crippen molar-refractivity contribution in [3.8, 4) is 0 Å². The highest BCUT2D eigenvalue weighted by Gasteiger charge is 2.13. The van der Waals surface area contributed by atoms with Crippen molar-refractivity contribution in [3.05, 3.63) is 69.2 Å². The van der Waals surface area contributed by atoms with Crippen molar-refractivity contribution in [1.29, 1.82) is 0 Å². The smallest absolute Gasteiger partial charge is 0.104 e. The molecule has 0 aliphatic heterocycles. The summed E-state index contributed by atoms with van der Waals surface area (Å²) in [6.07, 6.45) is 0.458. The molecule has 1 nitrogen and oxygen atoms in total. The highest BCUT2D eigenvalue weighted by Crippen LogP contribution is 2.28. The molecule has 1 atom stereocenters. The Hall–Kier alpha value is -1.12. The summed E-state index contributed by atoms with van der Waals surface area (Å²) in [5.41, 5.74) is 4.27. The lowest BCUT2D eigenvalue weighted by molar-refractivity contribution is 0.219. The van der Waals surface area contributed by atoms with Gasteiger partial charge in [0.15, 0.2) is 0 Å². The Morgan fingerprint density at radius 2 is 1.78 bits per heavy atom. The lowest BCUT2D eigenvalue weighted by atomic mass is 9.96. The topological polar surface area (TPSA) is 20.2 Å². The fourth-order valence-electron chi connectivity index (χ4n) is 2.04. The van der Waals surface area contributed by atoms with Gasteiger partial charge in [0.1, 0.15) is 6.10 Å². The lowest BCUT2D eigenvalue weighted by Crippen LogP contribution is -2.02. The number of halogens is 1. The van der Waals surface area contributed by atoms with Crippen LogP contribution in [0, 0.1) is 6.92 Å². The monoisotopic (exact) mass is 304 g/mol. The Kier molecular flexibility index (Phi) is 4.20. The number of aliphatic hydroxyl groups excluding tert-OH is 1. The zero-order chi connectivity index (χ0) is 13.1. The molecule has 94 valence electrons. The van der Waals surface area contributed by atoms with Crippen molar-refractivity contribution in [3.63, 3.8) is 0 Å². The first-order valence-corrected chi connectivity index (χ1v) is 6.94. The summed E-state index contributed by atoms with van der Waals surface area (Å²) in [7, 11) is 0. The second kappa shape index (κ2) is 5.68. The third-order valence-corrected chi connectivity index (χ3v) is 4.17. The zero-order valence-electron chi connectivity index (χ0n) is 10.7. The van der Waals surface area contributed by atoms with Gasteiger partial charge >= 0.3 is 0 Å². The number of hydrogen-bond donors (Lipinski definition) is 1. The summed E-state index contributed by atoms with van der Waals surface area (Å²) in [6, 6.07) is 14.1. The van der Waals surface area contributed by atoms with Gasteiger partial charge in [0.05, 0.1) is 0 Å². The normalized spacial score (nSPS) is 12.4. The summed E-state index contributed by atoms with van der Waals surface area (Å²) >= 11 is 3.50. The van der Waals surface area contributed by atoms with Gasteiger partial charge < -0.3 is 5.11 Å². The lowest BCUT2D eigenvalue weighted by Gasteiger charge is -2.15. The van der Waals surface area contributed by atoms with E-state index >= 15 is 0 Å². The van der Waals surface area contributed by atoms with Crippen LogP contribution in [-0.4, -0.2) is 5.11 Å². The minimum Gasteiger partial charge on any atom is -0.384 e. The van der Waals surface area contributed by atoms with Crippen molar-refractivity contribution >= 4 is 15.9 Å². The molecule has 0 amide bonds. The standard InChI is InChI=1S/C16H17BrO/c1-3-12-7-9-13(10-8-12)16(18)14-5-4-6-15(17)11(14)2/h4-10,16,18H,3H2,1-2H3. The van der Waals surface area contributed by atoms with Crippen molar-refractivity contribution in [2.45, 2.75) is 26.4 Å². The Morgan fingerprint density at radius 3 is 2.39 bits per heavy atom. The predicted molar refractivity (Wildman–Crippen MR) is 78.8 cm³/mol. The van der Waals surface area contributed by atoms with E-state index in [1.54, 1.807) is 0 Å². The van der Waals surface area contributed by atoms with Crippen LogP contribution >= 0.6 is 15.9 Å². The highest BCUT2D eigenvalue weighted by molar-refractivity contribution is 9.10. The summed E-state index contributed by atoms with van der Waals surface area (Å²) < 4.78 is 1.03.